The molecule has 0 saturated heterocycles. The van der Waals surface area contributed by atoms with Gasteiger partial charge in [-0.2, -0.15) is 0 Å². The molecule has 3 heteroatoms. The Hall–Kier alpha value is -1.09. The van der Waals surface area contributed by atoms with E-state index in [9.17, 15) is 0 Å². The number of hydrogen-bond donors (Lipinski definition) is 1. The quantitative estimate of drug-likeness (QED) is 0.730. The van der Waals surface area contributed by atoms with E-state index in [0.717, 1.165) is 30.8 Å². The average Bonchev–Trinajstić information content (AvgIpc) is 2.53. The number of nitrogens with one attached hydrogen (secondary N) is 1. The molecule has 1 atom stereocenters. The monoisotopic (exact) mass is 208 g/mol. The molecule has 1 heterocycles. The largest absolute Gasteiger partial charge is 0.361 e. The zero-order valence-electron chi connectivity index (χ0n) is 9.84. The number of aryl methyl sites for hydroxylation is 2. The highest BCUT2D eigenvalue weighted by atomic mass is 16.5. The van der Waals surface area contributed by atoms with E-state index >= 15 is 0 Å². The van der Waals surface area contributed by atoms with Crippen LogP contribution in [0, 0.1) is 13.8 Å². The Morgan fingerprint density at radius 2 is 2.27 bits per heavy atom. The van der Waals surface area contributed by atoms with E-state index in [2.05, 4.69) is 24.0 Å². The Bertz CT molecular complexity index is 298. The Morgan fingerprint density at radius 3 is 2.80 bits per heavy atom. The predicted octanol–water partition coefficient (Wildman–Crippen LogP) is 2.74. The highest BCUT2D eigenvalue weighted by Crippen LogP contribution is 2.12. The zero-order valence-corrected chi connectivity index (χ0v) is 9.84. The maximum Gasteiger partial charge on any atom is 0.138 e. The molecule has 1 unspecified atom stereocenters. The second-order valence-electron chi connectivity index (χ2n) is 3.95. The van der Waals surface area contributed by atoms with Gasteiger partial charge in [-0.1, -0.05) is 11.2 Å². The fraction of sp³-hybridized carbons (Fsp3) is 0.583. The number of aromatic nitrogens is 1. The Morgan fingerprint density at radius 1 is 1.53 bits per heavy atom. The van der Waals surface area contributed by atoms with Crippen LogP contribution in [0.2, 0.25) is 0 Å². The second-order valence-corrected chi connectivity index (χ2v) is 3.95. The van der Waals surface area contributed by atoms with E-state index in [1.54, 1.807) is 0 Å². The molecule has 15 heavy (non-hydrogen) atoms. The van der Waals surface area contributed by atoms with Crippen molar-refractivity contribution in [3.8, 4) is 0 Å². The van der Waals surface area contributed by atoms with Gasteiger partial charge in [-0.05, 0) is 33.6 Å². The number of hydrogen-bond acceptors (Lipinski definition) is 3. The van der Waals surface area contributed by atoms with E-state index in [-0.39, 0.29) is 0 Å². The topological polar surface area (TPSA) is 38.1 Å². The predicted molar refractivity (Wildman–Crippen MR) is 61.7 cm³/mol. The third-order valence-corrected chi connectivity index (χ3v) is 2.61. The molecule has 0 aliphatic heterocycles. The minimum absolute atomic E-state index is 0.497. The molecule has 0 fully saturated rings. The molecule has 1 aromatic heterocycles. The van der Waals surface area contributed by atoms with E-state index in [0.29, 0.717) is 6.04 Å². The van der Waals surface area contributed by atoms with Crippen LogP contribution >= 0.6 is 0 Å². The van der Waals surface area contributed by atoms with Gasteiger partial charge in [-0.25, -0.2) is 0 Å². The van der Waals surface area contributed by atoms with Crippen molar-refractivity contribution in [2.24, 2.45) is 0 Å². The van der Waals surface area contributed by atoms with Crippen LogP contribution in [0.3, 0.4) is 0 Å². The zero-order chi connectivity index (χ0) is 11.3. The van der Waals surface area contributed by atoms with Gasteiger partial charge in [0.05, 0.1) is 5.69 Å². The van der Waals surface area contributed by atoms with E-state index < -0.39 is 0 Å². The molecule has 0 radical (unpaired) electrons. The second kappa shape index (κ2) is 5.71. The van der Waals surface area contributed by atoms with Crippen LogP contribution in [0.15, 0.2) is 17.2 Å². The summed E-state index contributed by atoms with van der Waals surface area (Å²) in [6.07, 6.45) is 4.12. The lowest BCUT2D eigenvalue weighted by Gasteiger charge is -2.12. The van der Waals surface area contributed by atoms with Crippen molar-refractivity contribution >= 4 is 0 Å². The first kappa shape index (κ1) is 12.0. The Balaban J connectivity index is 2.39. The van der Waals surface area contributed by atoms with Crippen LogP contribution in [-0.4, -0.2) is 11.2 Å². The molecule has 0 aromatic carbocycles. The minimum atomic E-state index is 0.497. The molecule has 1 aromatic rings. The first-order valence-electron chi connectivity index (χ1n) is 5.41. The number of allylic oxidation sites excluding steroid dienone is 1. The van der Waals surface area contributed by atoms with Crippen LogP contribution < -0.4 is 5.32 Å². The first-order valence-corrected chi connectivity index (χ1v) is 5.41. The highest BCUT2D eigenvalue weighted by Gasteiger charge is 2.09. The number of rotatable bonds is 6. The van der Waals surface area contributed by atoms with Crippen molar-refractivity contribution in [3.63, 3.8) is 0 Å². The molecular formula is C12H20N2O. The van der Waals surface area contributed by atoms with Crippen molar-refractivity contribution in [3.05, 3.63) is 29.7 Å². The summed E-state index contributed by atoms with van der Waals surface area (Å²) in [7, 11) is 0. The van der Waals surface area contributed by atoms with E-state index in [1.165, 1.54) is 5.56 Å². The minimum Gasteiger partial charge on any atom is -0.361 e. The summed E-state index contributed by atoms with van der Waals surface area (Å²) in [6, 6.07) is 0.497. The summed E-state index contributed by atoms with van der Waals surface area (Å²) in [5, 5.41) is 7.38. The molecule has 1 N–H and O–H groups in total. The maximum absolute atomic E-state index is 5.10. The molecule has 3 nitrogen and oxygen atoms in total. The van der Waals surface area contributed by atoms with Gasteiger partial charge in [-0.3, -0.25) is 0 Å². The van der Waals surface area contributed by atoms with Crippen molar-refractivity contribution in [2.45, 2.75) is 46.2 Å². The standard InChI is InChI=1S/C12H20N2O/c1-5-6-7-9(2)13-8-12-10(3)14-15-11(12)4/h5,9,13H,1,6-8H2,2-4H3. The molecule has 0 saturated carbocycles. The van der Waals surface area contributed by atoms with Crippen LogP contribution in [0.4, 0.5) is 0 Å². The lowest BCUT2D eigenvalue weighted by molar-refractivity contribution is 0.391. The summed E-state index contributed by atoms with van der Waals surface area (Å²) >= 11 is 0. The summed E-state index contributed by atoms with van der Waals surface area (Å²) in [5.74, 6) is 0.913. The van der Waals surface area contributed by atoms with Gasteiger partial charge >= 0.3 is 0 Å². The molecule has 0 spiro atoms. The van der Waals surface area contributed by atoms with Gasteiger partial charge in [0.1, 0.15) is 5.76 Å². The van der Waals surface area contributed by atoms with Crippen LogP contribution in [0.25, 0.3) is 0 Å². The fourth-order valence-corrected chi connectivity index (χ4v) is 1.50. The Labute approximate surface area is 91.5 Å². The maximum atomic E-state index is 5.10. The SMILES string of the molecule is C=CCCC(C)NCc1c(C)noc1C. The van der Waals surface area contributed by atoms with Gasteiger partial charge in [0, 0.05) is 18.2 Å². The van der Waals surface area contributed by atoms with Crippen molar-refractivity contribution in [2.75, 3.05) is 0 Å². The van der Waals surface area contributed by atoms with E-state index in [1.807, 2.05) is 19.9 Å². The smallest absolute Gasteiger partial charge is 0.138 e. The molecule has 0 amide bonds. The van der Waals surface area contributed by atoms with Crippen molar-refractivity contribution in [1.82, 2.24) is 10.5 Å². The van der Waals surface area contributed by atoms with Gasteiger partial charge in [0.25, 0.3) is 0 Å². The average molecular weight is 208 g/mol. The molecule has 0 bridgehead atoms. The molecule has 0 aliphatic rings. The molecule has 1 rings (SSSR count). The highest BCUT2D eigenvalue weighted by molar-refractivity contribution is 5.20. The lowest BCUT2D eigenvalue weighted by atomic mass is 10.1. The summed E-state index contributed by atoms with van der Waals surface area (Å²) in [6.45, 7) is 10.7. The summed E-state index contributed by atoms with van der Waals surface area (Å²) < 4.78 is 5.10. The summed E-state index contributed by atoms with van der Waals surface area (Å²) in [4.78, 5) is 0. The van der Waals surface area contributed by atoms with Gasteiger partial charge < -0.3 is 9.84 Å². The lowest BCUT2D eigenvalue weighted by Crippen LogP contribution is -2.25. The van der Waals surface area contributed by atoms with E-state index in [4.69, 9.17) is 4.52 Å². The molecule has 84 valence electrons. The first-order chi connectivity index (χ1) is 7.15. The van der Waals surface area contributed by atoms with Gasteiger partial charge in [0.15, 0.2) is 0 Å². The van der Waals surface area contributed by atoms with Crippen molar-refractivity contribution < 1.29 is 4.52 Å². The molecular weight excluding hydrogens is 188 g/mol. The third kappa shape index (κ3) is 3.51. The van der Waals surface area contributed by atoms with Gasteiger partial charge in [-0.15, -0.1) is 6.58 Å². The molecule has 0 aliphatic carbocycles. The van der Waals surface area contributed by atoms with Crippen LogP contribution in [0.5, 0.6) is 0 Å². The van der Waals surface area contributed by atoms with Gasteiger partial charge in [0.2, 0.25) is 0 Å². The van der Waals surface area contributed by atoms with Crippen molar-refractivity contribution in [1.29, 1.82) is 0 Å². The Kier molecular flexibility index (Phi) is 4.56. The number of nitrogens with zero attached hydrogens (tertiary/aromatic N) is 1. The normalized spacial score (nSPS) is 12.7. The van der Waals surface area contributed by atoms with Crippen LogP contribution in [-0.2, 0) is 6.54 Å². The van der Waals surface area contributed by atoms with Crippen LogP contribution in [0.1, 0.15) is 36.8 Å². The fourth-order valence-electron chi connectivity index (χ4n) is 1.50. The third-order valence-electron chi connectivity index (χ3n) is 2.61. The summed E-state index contributed by atoms with van der Waals surface area (Å²) in [5.41, 5.74) is 2.16.